The fourth-order valence-corrected chi connectivity index (χ4v) is 2.17. The predicted octanol–water partition coefficient (Wildman–Crippen LogP) is 2.73. The first kappa shape index (κ1) is 12.2. The van der Waals surface area contributed by atoms with Gasteiger partial charge in [-0.1, -0.05) is 27.7 Å². The lowest BCUT2D eigenvalue weighted by Crippen LogP contribution is -2.32. The van der Waals surface area contributed by atoms with E-state index in [0.29, 0.717) is 0 Å². The van der Waals surface area contributed by atoms with E-state index >= 15 is 0 Å². The van der Waals surface area contributed by atoms with Gasteiger partial charge in [-0.25, -0.2) is 0 Å². The average Bonchev–Trinajstić information content (AvgIpc) is 2.18. The minimum Gasteiger partial charge on any atom is -0.330 e. The van der Waals surface area contributed by atoms with Crippen molar-refractivity contribution in [1.29, 1.82) is 0 Å². The maximum Gasteiger partial charge on any atom is 0.0270 e. The number of hydrogen-bond acceptors (Lipinski definition) is 2. The molecule has 2 nitrogen and oxygen atoms in total. The van der Waals surface area contributed by atoms with E-state index in [1.54, 1.807) is 0 Å². The van der Waals surface area contributed by atoms with Crippen LogP contribution in [0.25, 0.3) is 0 Å². The fraction of sp³-hybridized carbons (Fsp3) is 0.615. The van der Waals surface area contributed by atoms with Gasteiger partial charge in [-0.15, -0.1) is 0 Å². The highest BCUT2D eigenvalue weighted by molar-refractivity contribution is 5.20. The van der Waals surface area contributed by atoms with E-state index in [2.05, 4.69) is 44.8 Å². The third-order valence-electron chi connectivity index (χ3n) is 2.93. The Morgan fingerprint density at radius 3 is 2.13 bits per heavy atom. The molecule has 0 radical (unpaired) electrons. The van der Waals surface area contributed by atoms with Crippen molar-refractivity contribution in [3.05, 3.63) is 30.1 Å². The van der Waals surface area contributed by atoms with E-state index in [-0.39, 0.29) is 10.8 Å². The van der Waals surface area contributed by atoms with Gasteiger partial charge in [0.05, 0.1) is 0 Å². The number of nitrogens with zero attached hydrogens (tertiary/aromatic N) is 1. The van der Waals surface area contributed by atoms with Crippen LogP contribution >= 0.6 is 0 Å². The highest BCUT2D eigenvalue weighted by Gasteiger charge is 2.29. The zero-order chi connectivity index (χ0) is 11.5. The molecule has 1 heterocycles. The number of rotatable bonds is 4. The maximum absolute atomic E-state index is 5.78. The zero-order valence-corrected chi connectivity index (χ0v) is 10.2. The van der Waals surface area contributed by atoms with Crippen molar-refractivity contribution in [3.63, 3.8) is 0 Å². The van der Waals surface area contributed by atoms with Crippen LogP contribution in [0.15, 0.2) is 24.5 Å². The van der Waals surface area contributed by atoms with Crippen LogP contribution in [0.3, 0.4) is 0 Å². The van der Waals surface area contributed by atoms with Gasteiger partial charge in [0, 0.05) is 12.4 Å². The summed E-state index contributed by atoms with van der Waals surface area (Å²) in [5, 5.41) is 0. The summed E-state index contributed by atoms with van der Waals surface area (Å²) in [4.78, 5) is 4.05. The topological polar surface area (TPSA) is 38.9 Å². The third-order valence-corrected chi connectivity index (χ3v) is 2.93. The second-order valence-corrected chi connectivity index (χ2v) is 5.66. The molecule has 1 aromatic rings. The van der Waals surface area contributed by atoms with Gasteiger partial charge in [0.2, 0.25) is 0 Å². The normalized spacial score (nSPS) is 12.9. The Hall–Kier alpha value is -0.890. The molecular formula is C13H22N2. The van der Waals surface area contributed by atoms with E-state index in [0.717, 1.165) is 13.0 Å². The summed E-state index contributed by atoms with van der Waals surface area (Å²) in [5.74, 6) is 0. The molecular weight excluding hydrogens is 184 g/mol. The van der Waals surface area contributed by atoms with Gasteiger partial charge in [-0.3, -0.25) is 4.98 Å². The van der Waals surface area contributed by atoms with Crippen molar-refractivity contribution in [2.75, 3.05) is 6.54 Å². The molecule has 2 heteroatoms. The molecule has 0 aliphatic carbocycles. The van der Waals surface area contributed by atoms with E-state index in [9.17, 15) is 0 Å². The summed E-state index contributed by atoms with van der Waals surface area (Å²) < 4.78 is 0. The van der Waals surface area contributed by atoms with Crippen LogP contribution in [-0.2, 0) is 5.41 Å². The van der Waals surface area contributed by atoms with Crippen LogP contribution in [0, 0.1) is 5.41 Å². The maximum atomic E-state index is 5.78. The first-order valence-corrected chi connectivity index (χ1v) is 5.48. The molecule has 84 valence electrons. The molecule has 2 N–H and O–H groups in total. The molecule has 0 bridgehead atoms. The van der Waals surface area contributed by atoms with Crippen molar-refractivity contribution >= 4 is 0 Å². The molecule has 1 rings (SSSR count). The number of aromatic nitrogens is 1. The quantitative estimate of drug-likeness (QED) is 0.822. The van der Waals surface area contributed by atoms with Crippen LogP contribution in [0.1, 0.15) is 39.7 Å². The average molecular weight is 206 g/mol. The first-order valence-electron chi connectivity index (χ1n) is 5.48. The van der Waals surface area contributed by atoms with Gasteiger partial charge in [-0.2, -0.15) is 0 Å². The van der Waals surface area contributed by atoms with E-state index in [4.69, 9.17) is 5.73 Å². The lowest BCUT2D eigenvalue weighted by atomic mass is 9.72. The van der Waals surface area contributed by atoms with Crippen LogP contribution in [0.2, 0.25) is 0 Å². The number of pyridine rings is 1. The molecule has 0 aromatic carbocycles. The van der Waals surface area contributed by atoms with E-state index in [1.807, 2.05) is 12.4 Å². The summed E-state index contributed by atoms with van der Waals surface area (Å²) in [6.45, 7) is 9.69. The van der Waals surface area contributed by atoms with E-state index in [1.165, 1.54) is 5.56 Å². The Balaban J connectivity index is 2.85. The van der Waals surface area contributed by atoms with Crippen molar-refractivity contribution in [2.45, 2.75) is 39.5 Å². The highest BCUT2D eigenvalue weighted by atomic mass is 14.6. The Kier molecular flexibility index (Phi) is 3.50. The Morgan fingerprint density at radius 2 is 1.67 bits per heavy atom. The molecule has 0 atom stereocenters. The molecule has 0 aliphatic heterocycles. The minimum atomic E-state index is 0.159. The molecule has 0 unspecified atom stereocenters. The lowest BCUT2D eigenvalue weighted by molar-refractivity contribution is 0.266. The SMILES string of the molecule is CC(C)(CN)CC(C)(C)c1ccncc1. The summed E-state index contributed by atoms with van der Waals surface area (Å²) >= 11 is 0. The molecule has 0 aliphatic rings. The smallest absolute Gasteiger partial charge is 0.0270 e. The molecule has 0 amide bonds. The van der Waals surface area contributed by atoms with Crippen molar-refractivity contribution in [2.24, 2.45) is 11.1 Å². The number of nitrogens with two attached hydrogens (primary N) is 1. The Bertz CT molecular complexity index is 302. The van der Waals surface area contributed by atoms with Gasteiger partial charge >= 0.3 is 0 Å². The van der Waals surface area contributed by atoms with Gasteiger partial charge in [0.25, 0.3) is 0 Å². The van der Waals surface area contributed by atoms with Gasteiger partial charge in [0.15, 0.2) is 0 Å². The molecule has 0 spiro atoms. The Morgan fingerprint density at radius 1 is 1.13 bits per heavy atom. The van der Waals surface area contributed by atoms with Crippen LogP contribution in [-0.4, -0.2) is 11.5 Å². The highest BCUT2D eigenvalue weighted by Crippen LogP contribution is 2.35. The second-order valence-electron chi connectivity index (χ2n) is 5.66. The Labute approximate surface area is 92.9 Å². The van der Waals surface area contributed by atoms with Crippen LogP contribution in [0.4, 0.5) is 0 Å². The summed E-state index contributed by atoms with van der Waals surface area (Å²) in [7, 11) is 0. The van der Waals surface area contributed by atoms with Gasteiger partial charge in [-0.05, 0) is 41.5 Å². The second kappa shape index (κ2) is 4.31. The van der Waals surface area contributed by atoms with Crippen LogP contribution in [0.5, 0.6) is 0 Å². The van der Waals surface area contributed by atoms with Gasteiger partial charge < -0.3 is 5.73 Å². The molecule has 0 saturated carbocycles. The predicted molar refractivity (Wildman–Crippen MR) is 64.7 cm³/mol. The lowest BCUT2D eigenvalue weighted by Gasteiger charge is -2.34. The van der Waals surface area contributed by atoms with Crippen molar-refractivity contribution < 1.29 is 0 Å². The van der Waals surface area contributed by atoms with Crippen molar-refractivity contribution in [1.82, 2.24) is 4.98 Å². The number of hydrogen-bond donors (Lipinski definition) is 1. The zero-order valence-electron chi connectivity index (χ0n) is 10.2. The minimum absolute atomic E-state index is 0.159. The van der Waals surface area contributed by atoms with Crippen LogP contribution < -0.4 is 5.73 Å². The molecule has 0 fully saturated rings. The van der Waals surface area contributed by atoms with E-state index < -0.39 is 0 Å². The largest absolute Gasteiger partial charge is 0.330 e. The van der Waals surface area contributed by atoms with Crippen molar-refractivity contribution in [3.8, 4) is 0 Å². The third kappa shape index (κ3) is 3.31. The summed E-state index contributed by atoms with van der Waals surface area (Å²) in [5.41, 5.74) is 7.46. The monoisotopic (exact) mass is 206 g/mol. The molecule has 0 saturated heterocycles. The first-order chi connectivity index (χ1) is 6.87. The molecule has 15 heavy (non-hydrogen) atoms. The van der Waals surface area contributed by atoms with Gasteiger partial charge in [0.1, 0.15) is 0 Å². The fourth-order valence-electron chi connectivity index (χ4n) is 2.17. The summed E-state index contributed by atoms with van der Waals surface area (Å²) in [6, 6.07) is 4.18. The standard InChI is InChI=1S/C13H22N2/c1-12(2,10-14)9-13(3,4)11-5-7-15-8-6-11/h5-8H,9-10,14H2,1-4H3. The molecule has 1 aromatic heterocycles. The summed E-state index contributed by atoms with van der Waals surface area (Å²) in [6.07, 6.45) is 4.79.